The third-order valence-corrected chi connectivity index (χ3v) is 3.16. The first-order chi connectivity index (χ1) is 5.92. The quantitative estimate of drug-likeness (QED) is 0.732. The molecule has 0 bridgehead atoms. The highest BCUT2D eigenvalue weighted by molar-refractivity contribution is 8.09. The predicted octanol–water partition coefficient (Wildman–Crippen LogP) is 0.673. The molecule has 0 saturated carbocycles. The molecule has 0 aromatic carbocycles. The maximum atomic E-state index is 11.3. The van der Waals surface area contributed by atoms with Crippen molar-refractivity contribution >= 4 is 14.9 Å². The smallest absolute Gasteiger partial charge is 0.216 e. The Hall–Kier alpha value is -0.680. The van der Waals surface area contributed by atoms with Crippen LogP contribution in [0.3, 0.4) is 0 Å². The van der Waals surface area contributed by atoms with Gasteiger partial charge < -0.3 is 5.32 Å². The molecule has 4 nitrogen and oxygen atoms in total. The summed E-state index contributed by atoms with van der Waals surface area (Å²) in [4.78, 5) is 3.94. The van der Waals surface area contributed by atoms with Crippen molar-refractivity contribution in [2.45, 2.75) is 26.8 Å². The number of allylic oxidation sites excluding steroid dienone is 1. The summed E-state index contributed by atoms with van der Waals surface area (Å²) in [6.45, 7) is 5.92. The topological polar surface area (TPSA) is 58.5 Å². The van der Waals surface area contributed by atoms with Crippen LogP contribution in [0, 0.1) is 0 Å². The van der Waals surface area contributed by atoms with E-state index in [2.05, 4.69) is 10.3 Å². The molecule has 1 rings (SSSR count). The van der Waals surface area contributed by atoms with E-state index in [-0.39, 0.29) is 11.1 Å². The molecule has 1 N–H and O–H groups in total. The summed E-state index contributed by atoms with van der Waals surface area (Å²) in [5.41, 5.74) is 0.556. The zero-order valence-corrected chi connectivity index (χ0v) is 8.85. The SMILES string of the molecule is CC1=CS(=O)(=O)C(CNC(C)C)=N1. The standard InChI is InChI=1S/C8H14N2O2S/c1-6(2)9-4-8-10-7(3)5-13(8,11)12/h5-6,9H,4H2,1-3H3. The molecule has 5 heteroatoms. The Morgan fingerprint density at radius 3 is 2.54 bits per heavy atom. The van der Waals surface area contributed by atoms with Gasteiger partial charge in [-0.1, -0.05) is 13.8 Å². The van der Waals surface area contributed by atoms with Crippen LogP contribution in [-0.2, 0) is 9.84 Å². The monoisotopic (exact) mass is 202 g/mol. The van der Waals surface area contributed by atoms with Gasteiger partial charge in [0.05, 0.1) is 11.1 Å². The largest absolute Gasteiger partial charge is 0.308 e. The van der Waals surface area contributed by atoms with Crippen molar-refractivity contribution in [3.05, 3.63) is 11.1 Å². The van der Waals surface area contributed by atoms with Crippen LogP contribution >= 0.6 is 0 Å². The summed E-state index contributed by atoms with van der Waals surface area (Å²) >= 11 is 0. The van der Waals surface area contributed by atoms with Gasteiger partial charge in [0, 0.05) is 12.6 Å². The molecule has 1 aliphatic heterocycles. The highest BCUT2D eigenvalue weighted by Gasteiger charge is 2.22. The zero-order valence-electron chi connectivity index (χ0n) is 8.03. The predicted molar refractivity (Wildman–Crippen MR) is 53.3 cm³/mol. The van der Waals surface area contributed by atoms with E-state index in [1.807, 2.05) is 13.8 Å². The van der Waals surface area contributed by atoms with Crippen molar-refractivity contribution in [2.75, 3.05) is 6.54 Å². The lowest BCUT2D eigenvalue weighted by molar-refractivity contribution is 0.611. The average molecular weight is 202 g/mol. The number of hydrogen-bond acceptors (Lipinski definition) is 4. The lowest BCUT2D eigenvalue weighted by atomic mass is 10.4. The summed E-state index contributed by atoms with van der Waals surface area (Å²) in [5, 5.41) is 4.44. The maximum absolute atomic E-state index is 11.3. The summed E-state index contributed by atoms with van der Waals surface area (Å²) < 4.78 is 22.7. The van der Waals surface area contributed by atoms with Gasteiger partial charge in [-0.05, 0) is 6.92 Å². The molecule has 0 unspecified atom stereocenters. The molecule has 1 heterocycles. The summed E-state index contributed by atoms with van der Waals surface area (Å²) in [6, 6.07) is 0.263. The Morgan fingerprint density at radius 1 is 1.54 bits per heavy atom. The molecule has 0 spiro atoms. The summed E-state index contributed by atoms with van der Waals surface area (Å²) in [7, 11) is -3.21. The minimum Gasteiger partial charge on any atom is -0.308 e. The minimum atomic E-state index is -3.21. The number of aliphatic imine (C=N–C) groups is 1. The highest BCUT2D eigenvalue weighted by Crippen LogP contribution is 2.12. The first kappa shape index (κ1) is 10.4. The highest BCUT2D eigenvalue weighted by atomic mass is 32.2. The van der Waals surface area contributed by atoms with Crippen LogP contribution in [0.1, 0.15) is 20.8 Å². The van der Waals surface area contributed by atoms with E-state index < -0.39 is 9.84 Å². The number of hydrogen-bond donors (Lipinski definition) is 1. The van der Waals surface area contributed by atoms with Gasteiger partial charge in [0.2, 0.25) is 9.84 Å². The molecule has 0 radical (unpaired) electrons. The number of sulfone groups is 1. The molecule has 0 aromatic heterocycles. The van der Waals surface area contributed by atoms with Crippen molar-refractivity contribution in [3.63, 3.8) is 0 Å². The second-order valence-corrected chi connectivity index (χ2v) is 5.14. The van der Waals surface area contributed by atoms with Gasteiger partial charge in [-0.15, -0.1) is 0 Å². The summed E-state index contributed by atoms with van der Waals surface area (Å²) in [5.74, 6) is 0. The van der Waals surface area contributed by atoms with Crippen LogP contribution in [0.25, 0.3) is 0 Å². The van der Waals surface area contributed by atoms with Gasteiger partial charge in [0.15, 0.2) is 5.04 Å². The first-order valence-corrected chi connectivity index (χ1v) is 5.71. The Bertz CT molecular complexity index is 352. The molecule has 0 atom stereocenters. The van der Waals surface area contributed by atoms with E-state index in [1.165, 1.54) is 5.41 Å². The van der Waals surface area contributed by atoms with E-state index in [9.17, 15) is 8.42 Å². The Morgan fingerprint density at radius 2 is 2.15 bits per heavy atom. The molecular weight excluding hydrogens is 188 g/mol. The van der Waals surface area contributed by atoms with Crippen LogP contribution in [0.5, 0.6) is 0 Å². The van der Waals surface area contributed by atoms with Crippen LogP contribution in [0.4, 0.5) is 0 Å². The average Bonchev–Trinajstić information content (AvgIpc) is 2.19. The maximum Gasteiger partial charge on any atom is 0.216 e. The van der Waals surface area contributed by atoms with E-state index >= 15 is 0 Å². The van der Waals surface area contributed by atoms with Crippen LogP contribution in [0.2, 0.25) is 0 Å². The molecule has 74 valence electrons. The van der Waals surface area contributed by atoms with Crippen molar-refractivity contribution in [3.8, 4) is 0 Å². The molecule has 0 amide bonds. The first-order valence-electron chi connectivity index (χ1n) is 4.16. The summed E-state index contributed by atoms with van der Waals surface area (Å²) in [6.07, 6.45) is 0. The number of nitrogens with zero attached hydrogens (tertiary/aromatic N) is 1. The van der Waals surface area contributed by atoms with Crippen molar-refractivity contribution in [1.29, 1.82) is 0 Å². The lowest BCUT2D eigenvalue weighted by Gasteiger charge is -2.06. The van der Waals surface area contributed by atoms with E-state index in [0.29, 0.717) is 12.2 Å². The second kappa shape index (κ2) is 3.59. The molecular formula is C8H14N2O2S. The fourth-order valence-corrected chi connectivity index (χ4v) is 2.20. The van der Waals surface area contributed by atoms with Gasteiger partial charge in [-0.3, -0.25) is 0 Å². The Labute approximate surface area is 78.7 Å². The van der Waals surface area contributed by atoms with Crippen molar-refractivity contribution in [1.82, 2.24) is 5.32 Å². The van der Waals surface area contributed by atoms with Gasteiger partial charge >= 0.3 is 0 Å². The molecule has 0 fully saturated rings. The second-order valence-electron chi connectivity index (χ2n) is 3.35. The number of nitrogens with one attached hydrogen (secondary N) is 1. The van der Waals surface area contributed by atoms with E-state index in [1.54, 1.807) is 6.92 Å². The van der Waals surface area contributed by atoms with Crippen molar-refractivity contribution < 1.29 is 8.42 Å². The van der Waals surface area contributed by atoms with Gasteiger partial charge in [-0.2, -0.15) is 0 Å². The van der Waals surface area contributed by atoms with Crippen LogP contribution < -0.4 is 5.32 Å². The third kappa shape index (κ3) is 2.63. The lowest BCUT2D eigenvalue weighted by Crippen LogP contribution is -2.31. The normalized spacial score (nSPS) is 20.3. The van der Waals surface area contributed by atoms with Crippen LogP contribution in [0.15, 0.2) is 16.1 Å². The van der Waals surface area contributed by atoms with Gasteiger partial charge in [0.1, 0.15) is 0 Å². The molecule has 0 aromatic rings. The van der Waals surface area contributed by atoms with Gasteiger partial charge in [0.25, 0.3) is 0 Å². The molecule has 0 saturated heterocycles. The fraction of sp³-hybridized carbons (Fsp3) is 0.625. The Kier molecular flexibility index (Phi) is 2.87. The third-order valence-electron chi connectivity index (χ3n) is 1.62. The molecule has 0 aliphatic carbocycles. The van der Waals surface area contributed by atoms with Crippen molar-refractivity contribution in [2.24, 2.45) is 4.99 Å². The fourth-order valence-electron chi connectivity index (χ4n) is 1.01. The Balaban J connectivity index is 2.70. The minimum absolute atomic E-state index is 0.221. The van der Waals surface area contributed by atoms with E-state index in [0.717, 1.165) is 0 Å². The van der Waals surface area contributed by atoms with Crippen LogP contribution in [-0.4, -0.2) is 26.0 Å². The zero-order chi connectivity index (χ0) is 10.1. The molecule has 13 heavy (non-hydrogen) atoms. The van der Waals surface area contributed by atoms with E-state index in [4.69, 9.17) is 0 Å². The van der Waals surface area contributed by atoms with Gasteiger partial charge in [-0.25, -0.2) is 13.4 Å². The number of rotatable bonds is 3. The molecule has 1 aliphatic rings.